The van der Waals surface area contributed by atoms with Gasteiger partial charge in [0.1, 0.15) is 0 Å². The number of rotatable bonds is 30. The van der Waals surface area contributed by atoms with E-state index in [4.69, 9.17) is 4.74 Å². The Morgan fingerprint density at radius 2 is 0.878 bits per heavy atom. The van der Waals surface area contributed by atoms with Crippen molar-refractivity contribution in [3.63, 3.8) is 0 Å². The van der Waals surface area contributed by atoms with E-state index in [0.717, 1.165) is 116 Å². The van der Waals surface area contributed by atoms with Gasteiger partial charge in [0.05, 0.1) is 12.2 Å². The molecule has 0 heterocycles. The summed E-state index contributed by atoms with van der Waals surface area (Å²) >= 11 is 0. The van der Waals surface area contributed by atoms with Gasteiger partial charge in [0, 0.05) is 12.8 Å². The molecule has 0 aromatic rings. The maximum absolute atomic E-state index is 11.9. The highest BCUT2D eigenvalue weighted by molar-refractivity contribution is 5.85. The number of ether oxygens (including phenoxy) is 1. The van der Waals surface area contributed by atoms with E-state index in [-0.39, 0.29) is 24.1 Å². The summed E-state index contributed by atoms with van der Waals surface area (Å²) in [7, 11) is 0. The predicted octanol–water partition coefficient (Wildman–Crippen LogP) is 10.1. The van der Waals surface area contributed by atoms with Crippen LogP contribution in [-0.4, -0.2) is 34.4 Å². The normalized spacial score (nSPS) is 13.3. The standard InChI is InChI=1S/C36H66O5/c1-3-5-7-21-27-33(37)29-23-17-13-9-11-15-19-25-31-35(39)41-36(40)32-26-20-16-12-10-14-18-24-30-34(38)28-22-8-6-4-2/h17-18,23-24,33-34,37-38H,3-16,19-22,25-32H2,1-2H3/b23-17-,24-18-/t33-,34-/m1/s1. The summed E-state index contributed by atoms with van der Waals surface area (Å²) in [6, 6.07) is 0. The van der Waals surface area contributed by atoms with Crippen molar-refractivity contribution in [2.45, 2.75) is 193 Å². The highest BCUT2D eigenvalue weighted by Gasteiger charge is 2.10. The maximum atomic E-state index is 11.9. The number of carbonyl (C=O) groups is 2. The average molecular weight is 579 g/mol. The van der Waals surface area contributed by atoms with Crippen LogP contribution in [0.2, 0.25) is 0 Å². The number of hydrogen-bond donors (Lipinski definition) is 2. The van der Waals surface area contributed by atoms with Crippen LogP contribution in [0.5, 0.6) is 0 Å². The molecule has 240 valence electrons. The Labute approximate surface area is 253 Å². The molecule has 0 radical (unpaired) electrons. The fourth-order valence-corrected chi connectivity index (χ4v) is 4.94. The number of allylic oxidation sites excluding steroid dienone is 2. The Kier molecular flexibility index (Phi) is 30.4. The van der Waals surface area contributed by atoms with Crippen molar-refractivity contribution in [3.8, 4) is 0 Å². The van der Waals surface area contributed by atoms with Gasteiger partial charge in [-0.2, -0.15) is 0 Å². The molecule has 2 atom stereocenters. The molecule has 0 aromatic heterocycles. The Morgan fingerprint density at radius 1 is 0.512 bits per heavy atom. The Hall–Kier alpha value is -1.46. The highest BCUT2D eigenvalue weighted by Crippen LogP contribution is 2.13. The van der Waals surface area contributed by atoms with E-state index in [1.54, 1.807) is 0 Å². The lowest BCUT2D eigenvalue weighted by Crippen LogP contribution is -2.11. The van der Waals surface area contributed by atoms with Gasteiger partial charge in [0.15, 0.2) is 0 Å². The van der Waals surface area contributed by atoms with Crippen molar-refractivity contribution in [2.24, 2.45) is 0 Å². The highest BCUT2D eigenvalue weighted by atomic mass is 16.6. The molecule has 0 aliphatic carbocycles. The van der Waals surface area contributed by atoms with E-state index in [1.165, 1.54) is 38.5 Å². The van der Waals surface area contributed by atoms with Crippen LogP contribution in [0.3, 0.4) is 0 Å². The first-order valence-electron chi connectivity index (χ1n) is 17.4. The first kappa shape index (κ1) is 39.5. The predicted molar refractivity (Wildman–Crippen MR) is 173 cm³/mol. The zero-order chi connectivity index (χ0) is 30.2. The lowest BCUT2D eigenvalue weighted by atomic mass is 10.1. The van der Waals surface area contributed by atoms with Gasteiger partial charge in [-0.15, -0.1) is 0 Å². The fourth-order valence-electron chi connectivity index (χ4n) is 4.94. The Balaban J connectivity index is 3.48. The van der Waals surface area contributed by atoms with E-state index < -0.39 is 0 Å². The molecule has 0 amide bonds. The van der Waals surface area contributed by atoms with Crippen molar-refractivity contribution in [2.75, 3.05) is 0 Å². The van der Waals surface area contributed by atoms with Gasteiger partial charge in [-0.25, -0.2) is 0 Å². The van der Waals surface area contributed by atoms with E-state index in [0.29, 0.717) is 12.8 Å². The summed E-state index contributed by atoms with van der Waals surface area (Å²) in [6.45, 7) is 4.40. The summed E-state index contributed by atoms with van der Waals surface area (Å²) in [6.07, 6.45) is 34.2. The average Bonchev–Trinajstić information content (AvgIpc) is 2.95. The molecule has 5 nitrogen and oxygen atoms in total. The van der Waals surface area contributed by atoms with Crippen LogP contribution in [-0.2, 0) is 14.3 Å². The molecule has 0 saturated carbocycles. The van der Waals surface area contributed by atoms with E-state index >= 15 is 0 Å². The number of aliphatic hydroxyl groups excluding tert-OH is 2. The molecule has 5 heteroatoms. The topological polar surface area (TPSA) is 83.8 Å². The van der Waals surface area contributed by atoms with Gasteiger partial charge in [0.2, 0.25) is 0 Å². The van der Waals surface area contributed by atoms with Crippen LogP contribution >= 0.6 is 0 Å². The van der Waals surface area contributed by atoms with Crippen molar-refractivity contribution >= 4 is 11.9 Å². The lowest BCUT2D eigenvalue weighted by Gasteiger charge is -2.07. The first-order valence-corrected chi connectivity index (χ1v) is 17.4. The summed E-state index contributed by atoms with van der Waals surface area (Å²) < 4.78 is 4.97. The van der Waals surface area contributed by atoms with Gasteiger partial charge in [-0.1, -0.05) is 128 Å². The minimum atomic E-state index is -0.385. The van der Waals surface area contributed by atoms with Crippen LogP contribution in [0.25, 0.3) is 0 Å². The molecule has 0 spiro atoms. The second-order valence-electron chi connectivity index (χ2n) is 11.9. The maximum Gasteiger partial charge on any atom is 0.313 e. The molecular weight excluding hydrogens is 512 g/mol. The SMILES string of the molecule is CCCCCC[C@@H](O)C/C=C\CCCCCCCC(=O)OC(=O)CCCCCCC/C=C\C[C@H](O)CCCCCC. The molecule has 2 N–H and O–H groups in total. The van der Waals surface area contributed by atoms with Crippen molar-refractivity contribution in [1.29, 1.82) is 0 Å². The first-order chi connectivity index (χ1) is 20.0. The molecule has 41 heavy (non-hydrogen) atoms. The number of esters is 2. The van der Waals surface area contributed by atoms with Gasteiger partial charge in [-0.05, 0) is 64.2 Å². The van der Waals surface area contributed by atoms with Crippen LogP contribution in [0.4, 0.5) is 0 Å². The number of aliphatic hydroxyl groups is 2. The molecule has 0 aromatic carbocycles. The third-order valence-electron chi connectivity index (χ3n) is 7.66. The largest absolute Gasteiger partial charge is 0.393 e. The van der Waals surface area contributed by atoms with Crippen molar-refractivity contribution in [3.05, 3.63) is 24.3 Å². The smallest absolute Gasteiger partial charge is 0.313 e. The number of carbonyl (C=O) groups excluding carboxylic acids is 2. The van der Waals surface area contributed by atoms with Gasteiger partial charge in [-0.3, -0.25) is 9.59 Å². The van der Waals surface area contributed by atoms with Crippen molar-refractivity contribution in [1.82, 2.24) is 0 Å². The summed E-state index contributed by atoms with van der Waals surface area (Å²) in [5.41, 5.74) is 0. The fraction of sp³-hybridized carbons (Fsp3) is 0.833. The van der Waals surface area contributed by atoms with E-state index in [1.807, 2.05) is 0 Å². The monoisotopic (exact) mass is 578 g/mol. The quantitative estimate of drug-likeness (QED) is 0.0383. The lowest BCUT2D eigenvalue weighted by molar-refractivity contribution is -0.159. The molecule has 0 bridgehead atoms. The minimum Gasteiger partial charge on any atom is -0.393 e. The molecule has 0 aliphatic heterocycles. The Morgan fingerprint density at radius 3 is 1.29 bits per heavy atom. The second-order valence-corrected chi connectivity index (χ2v) is 11.9. The molecule has 0 rings (SSSR count). The zero-order valence-electron chi connectivity index (χ0n) is 27.0. The molecule has 0 fully saturated rings. The van der Waals surface area contributed by atoms with Gasteiger partial charge < -0.3 is 14.9 Å². The van der Waals surface area contributed by atoms with Crippen molar-refractivity contribution < 1.29 is 24.5 Å². The molecular formula is C36H66O5. The van der Waals surface area contributed by atoms with Gasteiger partial charge >= 0.3 is 11.9 Å². The number of hydrogen-bond acceptors (Lipinski definition) is 5. The summed E-state index contributed by atoms with van der Waals surface area (Å²) in [5.74, 6) is -0.770. The van der Waals surface area contributed by atoms with E-state index in [9.17, 15) is 19.8 Å². The second kappa shape index (κ2) is 31.5. The molecule has 0 saturated heterocycles. The van der Waals surface area contributed by atoms with Crippen LogP contribution in [0, 0.1) is 0 Å². The Bertz CT molecular complexity index is 588. The van der Waals surface area contributed by atoms with Crippen LogP contribution in [0.1, 0.15) is 181 Å². The van der Waals surface area contributed by atoms with E-state index in [2.05, 4.69) is 38.2 Å². The third-order valence-corrected chi connectivity index (χ3v) is 7.66. The summed E-state index contributed by atoms with van der Waals surface area (Å²) in [4.78, 5) is 23.8. The zero-order valence-corrected chi connectivity index (χ0v) is 27.0. The molecule has 0 aliphatic rings. The van der Waals surface area contributed by atoms with Crippen LogP contribution in [0.15, 0.2) is 24.3 Å². The van der Waals surface area contributed by atoms with Gasteiger partial charge in [0.25, 0.3) is 0 Å². The summed E-state index contributed by atoms with van der Waals surface area (Å²) in [5, 5.41) is 19.9. The van der Waals surface area contributed by atoms with Crippen LogP contribution < -0.4 is 0 Å². The number of unbranched alkanes of at least 4 members (excludes halogenated alkanes) is 16. The molecule has 0 unspecified atom stereocenters. The minimum absolute atomic E-state index is 0.200. The third kappa shape index (κ3) is 31.3.